The van der Waals surface area contributed by atoms with Crippen LogP contribution in [0, 0.1) is 10.5 Å². The fourth-order valence-corrected chi connectivity index (χ4v) is 1.38. The van der Waals surface area contributed by atoms with Crippen LogP contribution in [0.15, 0.2) is 30.3 Å². The van der Waals surface area contributed by atoms with Crippen LogP contribution in [-0.2, 0) is 0 Å². The molecule has 0 aromatic heterocycles. The summed E-state index contributed by atoms with van der Waals surface area (Å²) in [6.45, 7) is 3.76. The first-order valence-corrected chi connectivity index (χ1v) is 5.32. The van der Waals surface area contributed by atoms with E-state index in [0.717, 1.165) is 24.1 Å². The van der Waals surface area contributed by atoms with Crippen molar-refractivity contribution in [2.75, 3.05) is 0 Å². The molecule has 2 N–H and O–H groups in total. The molecule has 0 saturated heterocycles. The highest BCUT2D eigenvalue weighted by molar-refractivity contribution is 14.1. The molecule has 2 heteroatoms. The van der Waals surface area contributed by atoms with E-state index in [0.29, 0.717) is 0 Å². The smallest absolute Gasteiger partial charge is 0.0347 e. The van der Waals surface area contributed by atoms with Crippen molar-refractivity contribution in [2.24, 2.45) is 5.73 Å². The molecule has 1 nitrogen and oxygen atoms in total. The van der Waals surface area contributed by atoms with Crippen LogP contribution < -0.4 is 5.73 Å². The summed E-state index contributed by atoms with van der Waals surface area (Å²) in [5, 5.41) is 0. The molecule has 0 unspecified atom stereocenters. The van der Waals surface area contributed by atoms with E-state index in [4.69, 9.17) is 5.73 Å². The van der Waals surface area contributed by atoms with Crippen LogP contribution in [0.2, 0.25) is 0 Å². The van der Waals surface area contributed by atoms with Crippen LogP contribution in [0.1, 0.15) is 18.4 Å². The van der Waals surface area contributed by atoms with Crippen LogP contribution in [0.5, 0.6) is 0 Å². The summed E-state index contributed by atoms with van der Waals surface area (Å²) >= 11 is 2.28. The summed E-state index contributed by atoms with van der Waals surface area (Å²) in [6.07, 6.45) is 3.86. The van der Waals surface area contributed by atoms with Gasteiger partial charge in [0.05, 0.1) is 0 Å². The van der Waals surface area contributed by atoms with Crippen molar-refractivity contribution in [3.63, 3.8) is 0 Å². The summed E-state index contributed by atoms with van der Waals surface area (Å²) in [4.78, 5) is 0. The summed E-state index contributed by atoms with van der Waals surface area (Å²) in [7, 11) is 0. The van der Waals surface area contributed by atoms with Crippen molar-refractivity contribution >= 4 is 28.3 Å². The second-order valence-corrected chi connectivity index (χ2v) is 4.05. The van der Waals surface area contributed by atoms with Crippen LogP contribution >= 0.6 is 22.6 Å². The van der Waals surface area contributed by atoms with E-state index in [9.17, 15) is 0 Å². The fraction of sp³-hybridized carbons (Fsp3) is 0.182. The van der Waals surface area contributed by atoms with Gasteiger partial charge < -0.3 is 5.73 Å². The molecule has 69 valence electrons. The van der Waals surface area contributed by atoms with Gasteiger partial charge in [-0.1, -0.05) is 25.1 Å². The van der Waals surface area contributed by atoms with Gasteiger partial charge in [-0.3, -0.25) is 0 Å². The van der Waals surface area contributed by atoms with Gasteiger partial charge in [-0.2, -0.15) is 0 Å². The van der Waals surface area contributed by atoms with Crippen LogP contribution in [0.25, 0.3) is 5.70 Å². The summed E-state index contributed by atoms with van der Waals surface area (Å²) in [5.41, 5.74) is 7.80. The molecule has 0 aliphatic heterocycles. The van der Waals surface area contributed by atoms with E-state index in [1.165, 1.54) is 3.57 Å². The molecule has 1 aromatic rings. The number of hydrogen-bond acceptors (Lipinski definition) is 1. The van der Waals surface area contributed by atoms with Gasteiger partial charge in [0.1, 0.15) is 0 Å². The molecular formula is C11H13IN. The third kappa shape index (κ3) is 3.38. The Kier molecular flexibility index (Phi) is 4.28. The molecule has 1 rings (SSSR count). The van der Waals surface area contributed by atoms with E-state index in [-0.39, 0.29) is 0 Å². The fourth-order valence-electron chi connectivity index (χ4n) is 1.02. The normalized spacial score (nSPS) is 11.7. The Morgan fingerprint density at radius 2 is 2.00 bits per heavy atom. The van der Waals surface area contributed by atoms with Gasteiger partial charge in [0.2, 0.25) is 0 Å². The minimum atomic E-state index is 0.847. The van der Waals surface area contributed by atoms with Gasteiger partial charge >= 0.3 is 0 Å². The average Bonchev–Trinajstić information content (AvgIpc) is 2.15. The van der Waals surface area contributed by atoms with Crippen molar-refractivity contribution in [3.8, 4) is 0 Å². The number of hydrogen-bond donors (Lipinski definition) is 1. The predicted octanol–water partition coefficient (Wildman–Crippen LogP) is 3.21. The Morgan fingerprint density at radius 1 is 1.38 bits per heavy atom. The lowest BCUT2D eigenvalue weighted by molar-refractivity contribution is 1.05. The highest BCUT2D eigenvalue weighted by Gasteiger charge is 1.94. The van der Waals surface area contributed by atoms with Crippen molar-refractivity contribution in [3.05, 3.63) is 46.4 Å². The topological polar surface area (TPSA) is 26.0 Å². The molecule has 0 spiro atoms. The lowest BCUT2D eigenvalue weighted by Gasteiger charge is -2.01. The Labute approximate surface area is 93.2 Å². The summed E-state index contributed by atoms with van der Waals surface area (Å²) in [5.74, 6) is 0. The van der Waals surface area contributed by atoms with Gasteiger partial charge in [0, 0.05) is 9.27 Å². The molecule has 0 amide bonds. The van der Waals surface area contributed by atoms with Crippen molar-refractivity contribution in [2.45, 2.75) is 12.8 Å². The van der Waals surface area contributed by atoms with Crippen molar-refractivity contribution < 1.29 is 0 Å². The lowest BCUT2D eigenvalue weighted by atomic mass is 10.1. The molecular weight excluding hydrogens is 273 g/mol. The van der Waals surface area contributed by atoms with Crippen LogP contribution in [0.3, 0.4) is 0 Å². The summed E-state index contributed by atoms with van der Waals surface area (Å²) < 4.78 is 1.23. The predicted molar refractivity (Wildman–Crippen MR) is 65.9 cm³/mol. The molecule has 0 atom stereocenters. The number of benzene rings is 1. The van der Waals surface area contributed by atoms with Crippen molar-refractivity contribution in [1.29, 1.82) is 0 Å². The lowest BCUT2D eigenvalue weighted by Crippen LogP contribution is -1.95. The zero-order valence-corrected chi connectivity index (χ0v) is 9.62. The molecule has 0 bridgehead atoms. The Bertz CT molecular complexity index is 287. The van der Waals surface area contributed by atoms with Gasteiger partial charge in [0.25, 0.3) is 0 Å². The molecule has 0 saturated carbocycles. The number of halogens is 1. The number of rotatable bonds is 3. The quantitative estimate of drug-likeness (QED) is 0.848. The van der Waals surface area contributed by atoms with E-state index < -0.39 is 0 Å². The van der Waals surface area contributed by atoms with Gasteiger partial charge in [-0.05, 0) is 53.1 Å². The molecule has 0 aliphatic rings. The van der Waals surface area contributed by atoms with E-state index in [1.807, 2.05) is 18.2 Å². The second-order valence-electron chi connectivity index (χ2n) is 2.81. The average molecular weight is 286 g/mol. The van der Waals surface area contributed by atoms with E-state index in [2.05, 4.69) is 41.6 Å². The van der Waals surface area contributed by atoms with Crippen LogP contribution in [0.4, 0.5) is 0 Å². The van der Waals surface area contributed by atoms with Crippen molar-refractivity contribution in [1.82, 2.24) is 0 Å². The Balaban J connectivity index is 2.77. The third-order valence-electron chi connectivity index (χ3n) is 1.75. The maximum absolute atomic E-state index is 5.86. The molecule has 1 aromatic carbocycles. The first-order chi connectivity index (χ1) is 6.24. The maximum Gasteiger partial charge on any atom is 0.0347 e. The molecule has 13 heavy (non-hydrogen) atoms. The Morgan fingerprint density at radius 3 is 2.54 bits per heavy atom. The maximum atomic E-state index is 5.86. The molecule has 0 aliphatic carbocycles. The monoisotopic (exact) mass is 286 g/mol. The van der Waals surface area contributed by atoms with Gasteiger partial charge in [0.15, 0.2) is 0 Å². The SMILES string of the molecule is [CH2]CCC=C(N)c1ccc(I)cc1. The van der Waals surface area contributed by atoms with Gasteiger partial charge in [-0.15, -0.1) is 0 Å². The van der Waals surface area contributed by atoms with E-state index in [1.54, 1.807) is 0 Å². The standard InChI is InChI=1S/C11H13IN/c1-2-3-4-11(13)9-5-7-10(12)8-6-9/h4-8H,1-3,13H2. The number of nitrogens with two attached hydrogens (primary N) is 1. The first kappa shape index (κ1) is 10.6. The van der Waals surface area contributed by atoms with E-state index >= 15 is 0 Å². The number of unbranched alkanes of at least 4 members (excludes halogenated alkanes) is 1. The zero-order valence-electron chi connectivity index (χ0n) is 7.46. The zero-order chi connectivity index (χ0) is 9.68. The third-order valence-corrected chi connectivity index (χ3v) is 2.47. The van der Waals surface area contributed by atoms with Gasteiger partial charge in [-0.25, -0.2) is 0 Å². The summed E-state index contributed by atoms with van der Waals surface area (Å²) in [6, 6.07) is 8.19. The largest absolute Gasteiger partial charge is 0.399 e. The highest BCUT2D eigenvalue weighted by Crippen LogP contribution is 2.12. The Hall–Kier alpha value is -0.510. The second kappa shape index (κ2) is 5.27. The minimum Gasteiger partial charge on any atom is -0.399 e. The molecule has 0 fully saturated rings. The minimum absolute atomic E-state index is 0.847. The van der Waals surface area contributed by atoms with Crippen LogP contribution in [-0.4, -0.2) is 0 Å². The first-order valence-electron chi connectivity index (χ1n) is 4.25. The molecule has 0 heterocycles. The number of allylic oxidation sites excluding steroid dienone is 1. The highest BCUT2D eigenvalue weighted by atomic mass is 127. The molecule has 1 radical (unpaired) electrons.